The lowest BCUT2D eigenvalue weighted by Crippen LogP contribution is -2.32. The van der Waals surface area contributed by atoms with Gasteiger partial charge in [0.1, 0.15) is 0 Å². The van der Waals surface area contributed by atoms with Crippen LogP contribution in [0, 0.1) is 0 Å². The van der Waals surface area contributed by atoms with Crippen LogP contribution in [-0.4, -0.2) is 18.7 Å². The lowest BCUT2D eigenvalue weighted by molar-refractivity contribution is -0.119. The maximum atomic E-state index is 12.5. The second-order valence-electron chi connectivity index (χ2n) is 4.51. The highest BCUT2D eigenvalue weighted by Crippen LogP contribution is 2.32. The number of carbonyl (C=O) groups excluding carboxylic acids is 1. The summed E-state index contributed by atoms with van der Waals surface area (Å²) in [7, 11) is 0. The van der Waals surface area contributed by atoms with E-state index in [0.29, 0.717) is 6.42 Å². The Bertz CT molecular complexity index is 501. The number of fused-ring (bicyclic) bond motifs is 1. The van der Waals surface area contributed by atoms with Crippen molar-refractivity contribution in [2.45, 2.75) is 25.8 Å². The Morgan fingerprint density at radius 1 is 1.47 bits per heavy atom. The largest absolute Gasteiger partial charge is 0.454 e. The summed E-state index contributed by atoms with van der Waals surface area (Å²) >= 11 is 0. The molecule has 4 nitrogen and oxygen atoms in total. The summed E-state index contributed by atoms with van der Waals surface area (Å²) in [5.74, 6) is -0.224. The molecule has 0 fully saturated rings. The maximum Gasteiger partial charge on any atom is 0.279 e. The predicted molar refractivity (Wildman–Crippen MR) is 68.7 cm³/mol. The van der Waals surface area contributed by atoms with Crippen LogP contribution in [-0.2, 0) is 11.2 Å². The fourth-order valence-corrected chi connectivity index (χ4v) is 1.85. The Morgan fingerprint density at radius 3 is 2.95 bits per heavy atom. The van der Waals surface area contributed by atoms with Gasteiger partial charge in [0.05, 0.1) is 0 Å². The van der Waals surface area contributed by atoms with Gasteiger partial charge in [0.2, 0.25) is 6.79 Å². The van der Waals surface area contributed by atoms with E-state index in [1.165, 1.54) is 0 Å². The highest BCUT2D eigenvalue weighted by Gasteiger charge is 2.14. The van der Waals surface area contributed by atoms with Gasteiger partial charge in [-0.25, -0.2) is 4.39 Å². The fourth-order valence-electron chi connectivity index (χ4n) is 1.85. The van der Waals surface area contributed by atoms with Gasteiger partial charge in [-0.05, 0) is 37.5 Å². The van der Waals surface area contributed by atoms with Crippen LogP contribution in [0.1, 0.15) is 18.9 Å². The van der Waals surface area contributed by atoms with Gasteiger partial charge in [0.15, 0.2) is 17.3 Å². The van der Waals surface area contributed by atoms with Crippen molar-refractivity contribution >= 4 is 5.91 Å². The zero-order valence-corrected chi connectivity index (χ0v) is 10.7. The lowest BCUT2D eigenvalue weighted by atomic mass is 10.1. The lowest BCUT2D eigenvalue weighted by Gasteiger charge is -2.13. The quantitative estimate of drug-likeness (QED) is 0.831. The molecule has 1 aliphatic rings. The Balaban J connectivity index is 1.85. The summed E-state index contributed by atoms with van der Waals surface area (Å²) in [4.78, 5) is 11.1. The van der Waals surface area contributed by atoms with Crippen LogP contribution >= 0.6 is 0 Å². The number of halogens is 1. The van der Waals surface area contributed by atoms with Crippen LogP contribution in [0.4, 0.5) is 4.39 Å². The molecule has 2 rings (SSSR count). The van der Waals surface area contributed by atoms with Crippen LogP contribution in [0.3, 0.4) is 0 Å². The molecular formula is C14H16FNO3. The molecule has 1 unspecified atom stereocenters. The third-order valence-corrected chi connectivity index (χ3v) is 2.93. The molecule has 0 bridgehead atoms. The Morgan fingerprint density at radius 2 is 2.21 bits per heavy atom. The molecule has 1 atom stereocenters. The van der Waals surface area contributed by atoms with Crippen molar-refractivity contribution in [1.29, 1.82) is 0 Å². The van der Waals surface area contributed by atoms with E-state index in [9.17, 15) is 9.18 Å². The number of ether oxygens (including phenoxy) is 2. The van der Waals surface area contributed by atoms with E-state index in [1.807, 2.05) is 25.1 Å². The fraction of sp³-hybridized carbons (Fsp3) is 0.357. The highest BCUT2D eigenvalue weighted by atomic mass is 19.1. The first-order valence-corrected chi connectivity index (χ1v) is 6.10. The van der Waals surface area contributed by atoms with Crippen LogP contribution in [0.5, 0.6) is 11.5 Å². The van der Waals surface area contributed by atoms with Gasteiger partial charge in [-0.2, -0.15) is 0 Å². The second kappa shape index (κ2) is 5.73. The first kappa shape index (κ1) is 13.4. The molecule has 5 heteroatoms. The Labute approximate surface area is 111 Å². The molecule has 1 aromatic carbocycles. The number of carbonyl (C=O) groups is 1. The Kier molecular flexibility index (Phi) is 4.04. The molecule has 0 aromatic heterocycles. The molecule has 102 valence electrons. The molecule has 1 amide bonds. The summed E-state index contributed by atoms with van der Waals surface area (Å²) in [5.41, 5.74) is 1.09. The van der Waals surface area contributed by atoms with Crippen molar-refractivity contribution in [1.82, 2.24) is 5.32 Å². The van der Waals surface area contributed by atoms with E-state index in [1.54, 1.807) is 0 Å². The third-order valence-electron chi connectivity index (χ3n) is 2.93. The van der Waals surface area contributed by atoms with Crippen molar-refractivity contribution < 1.29 is 18.7 Å². The van der Waals surface area contributed by atoms with Crippen LogP contribution in [0.15, 0.2) is 30.6 Å². The van der Waals surface area contributed by atoms with Crippen LogP contribution in [0.2, 0.25) is 0 Å². The van der Waals surface area contributed by atoms with Crippen molar-refractivity contribution in [3.05, 3.63) is 36.2 Å². The van der Waals surface area contributed by atoms with Gasteiger partial charge < -0.3 is 14.8 Å². The zero-order chi connectivity index (χ0) is 13.8. The SMILES string of the molecule is C=C(F)C(=O)NC(C)CCc1ccc2c(c1)OCO2. The minimum Gasteiger partial charge on any atom is -0.454 e. The molecule has 0 saturated carbocycles. The summed E-state index contributed by atoms with van der Waals surface area (Å²) < 4.78 is 23.0. The van der Waals surface area contributed by atoms with Crippen LogP contribution in [0.25, 0.3) is 0 Å². The van der Waals surface area contributed by atoms with E-state index in [4.69, 9.17) is 9.47 Å². The molecule has 1 N–H and O–H groups in total. The van der Waals surface area contributed by atoms with Crippen molar-refractivity contribution in [2.75, 3.05) is 6.79 Å². The molecule has 0 saturated heterocycles. The number of nitrogens with one attached hydrogen (secondary N) is 1. The molecule has 19 heavy (non-hydrogen) atoms. The maximum absolute atomic E-state index is 12.5. The zero-order valence-electron chi connectivity index (χ0n) is 10.7. The standard InChI is InChI=1S/C14H16FNO3/c1-9(16-14(17)10(2)15)3-4-11-5-6-12-13(7-11)19-8-18-12/h5-7,9H,2-4,8H2,1H3,(H,16,17). The smallest absolute Gasteiger partial charge is 0.279 e. The number of hydrogen-bond donors (Lipinski definition) is 1. The summed E-state index contributed by atoms with van der Waals surface area (Å²) in [5, 5.41) is 2.53. The van der Waals surface area contributed by atoms with Crippen molar-refractivity contribution in [3.8, 4) is 11.5 Å². The van der Waals surface area contributed by atoms with Gasteiger partial charge in [0, 0.05) is 6.04 Å². The van der Waals surface area contributed by atoms with Gasteiger partial charge in [-0.1, -0.05) is 12.6 Å². The van der Waals surface area contributed by atoms with Gasteiger partial charge in [-0.15, -0.1) is 0 Å². The monoisotopic (exact) mass is 265 g/mol. The number of aryl methyl sites for hydroxylation is 1. The molecule has 1 aliphatic heterocycles. The van der Waals surface area contributed by atoms with Crippen molar-refractivity contribution in [3.63, 3.8) is 0 Å². The first-order chi connectivity index (χ1) is 9.06. The molecule has 1 aromatic rings. The summed E-state index contributed by atoms with van der Waals surface area (Å²) in [6.07, 6.45) is 1.47. The number of rotatable bonds is 5. The number of hydrogen-bond acceptors (Lipinski definition) is 3. The summed E-state index contributed by atoms with van der Waals surface area (Å²) in [6, 6.07) is 5.62. The predicted octanol–water partition coefficient (Wildman–Crippen LogP) is 2.34. The first-order valence-electron chi connectivity index (χ1n) is 6.10. The number of amides is 1. The van der Waals surface area contributed by atoms with Crippen molar-refractivity contribution in [2.24, 2.45) is 0 Å². The molecule has 1 heterocycles. The average molecular weight is 265 g/mol. The normalized spacial score (nSPS) is 14.0. The average Bonchev–Trinajstić information content (AvgIpc) is 2.83. The topological polar surface area (TPSA) is 47.6 Å². The summed E-state index contributed by atoms with van der Waals surface area (Å²) in [6.45, 7) is 5.04. The Hall–Kier alpha value is -2.04. The molecule has 0 spiro atoms. The van der Waals surface area contributed by atoms with Gasteiger partial charge in [0.25, 0.3) is 5.91 Å². The second-order valence-corrected chi connectivity index (χ2v) is 4.51. The van der Waals surface area contributed by atoms with E-state index in [2.05, 4.69) is 11.9 Å². The van der Waals surface area contributed by atoms with E-state index < -0.39 is 11.7 Å². The molecule has 0 radical (unpaired) electrons. The number of benzene rings is 1. The molecular weight excluding hydrogens is 249 g/mol. The molecule has 0 aliphatic carbocycles. The van der Waals surface area contributed by atoms with E-state index in [-0.39, 0.29) is 12.8 Å². The van der Waals surface area contributed by atoms with Crippen LogP contribution < -0.4 is 14.8 Å². The van der Waals surface area contributed by atoms with Gasteiger partial charge in [-0.3, -0.25) is 4.79 Å². The van der Waals surface area contributed by atoms with E-state index in [0.717, 1.165) is 23.5 Å². The van der Waals surface area contributed by atoms with Gasteiger partial charge >= 0.3 is 0 Å². The third kappa shape index (κ3) is 3.47. The minimum absolute atomic E-state index is 0.120. The van der Waals surface area contributed by atoms with E-state index >= 15 is 0 Å². The minimum atomic E-state index is -0.963. The highest BCUT2D eigenvalue weighted by molar-refractivity contribution is 5.90.